The van der Waals surface area contributed by atoms with E-state index in [-0.39, 0.29) is 17.3 Å². The summed E-state index contributed by atoms with van der Waals surface area (Å²) in [6.45, 7) is 1.57. The Kier molecular flexibility index (Phi) is 6.32. The van der Waals surface area contributed by atoms with Gasteiger partial charge in [0, 0.05) is 27.7 Å². The highest BCUT2D eigenvalue weighted by atomic mass is 35.5. The number of nitrogens with one attached hydrogen (secondary N) is 1. The lowest BCUT2D eigenvalue weighted by Crippen LogP contribution is -2.24. The molecule has 0 unspecified atom stereocenters. The number of rotatable bonds is 6. The molecule has 1 amide bonds. The molecule has 9 heteroatoms. The van der Waals surface area contributed by atoms with Crippen LogP contribution >= 0.6 is 23.2 Å². The first-order valence-electron chi connectivity index (χ1n) is 7.01. The number of aryl methyl sites for hydroxylation is 1. The fourth-order valence-corrected chi connectivity index (χ4v) is 2.09. The van der Waals surface area contributed by atoms with Gasteiger partial charge < -0.3 is 4.74 Å². The molecular weight excluding hydrogens is 369 g/mol. The first-order chi connectivity index (χ1) is 11.9. The number of benzene rings is 2. The van der Waals surface area contributed by atoms with Crippen LogP contribution in [0.5, 0.6) is 5.75 Å². The van der Waals surface area contributed by atoms with E-state index in [1.807, 2.05) is 6.92 Å². The topological polar surface area (TPSA) is 93.8 Å². The molecule has 0 spiro atoms. The van der Waals surface area contributed by atoms with Gasteiger partial charge in [0.25, 0.3) is 11.6 Å². The standard InChI is InChI=1S/C16H13Cl2N3O4/c1-10-6-13(3-5-14(10)17)25-9-16(22)20-19-8-11-7-12(21(23)24)2-4-15(11)18/h2-8H,9H2,1H3,(H,20,22). The summed E-state index contributed by atoms with van der Waals surface area (Å²) >= 11 is 11.8. The predicted octanol–water partition coefficient (Wildman–Crippen LogP) is 3.74. The molecule has 0 aliphatic carbocycles. The van der Waals surface area contributed by atoms with Gasteiger partial charge in [0.15, 0.2) is 6.61 Å². The van der Waals surface area contributed by atoms with Gasteiger partial charge in [0.2, 0.25) is 0 Å². The first-order valence-corrected chi connectivity index (χ1v) is 7.77. The van der Waals surface area contributed by atoms with E-state index in [0.717, 1.165) is 5.56 Å². The van der Waals surface area contributed by atoms with Crippen LogP contribution < -0.4 is 10.2 Å². The van der Waals surface area contributed by atoms with E-state index in [1.165, 1.54) is 24.4 Å². The Morgan fingerprint density at radius 1 is 1.28 bits per heavy atom. The van der Waals surface area contributed by atoms with Gasteiger partial charge in [-0.3, -0.25) is 14.9 Å². The van der Waals surface area contributed by atoms with Gasteiger partial charge in [-0.15, -0.1) is 0 Å². The highest BCUT2D eigenvalue weighted by Gasteiger charge is 2.08. The Morgan fingerprint density at radius 3 is 2.68 bits per heavy atom. The van der Waals surface area contributed by atoms with Crippen molar-refractivity contribution in [2.45, 2.75) is 6.92 Å². The Bertz CT molecular complexity index is 840. The summed E-state index contributed by atoms with van der Waals surface area (Å²) in [7, 11) is 0. The van der Waals surface area contributed by atoms with Gasteiger partial charge in [-0.05, 0) is 36.8 Å². The van der Waals surface area contributed by atoms with Crippen molar-refractivity contribution in [2.24, 2.45) is 5.10 Å². The summed E-state index contributed by atoms with van der Waals surface area (Å²) in [5, 5.41) is 15.3. The SMILES string of the molecule is Cc1cc(OCC(=O)NN=Cc2cc([N+](=O)[O-])ccc2Cl)ccc1Cl. The van der Waals surface area contributed by atoms with Crippen LogP contribution in [0.15, 0.2) is 41.5 Å². The number of amides is 1. The van der Waals surface area contributed by atoms with Crippen molar-refractivity contribution in [3.05, 3.63) is 67.7 Å². The van der Waals surface area contributed by atoms with E-state index in [0.29, 0.717) is 16.3 Å². The van der Waals surface area contributed by atoms with Gasteiger partial charge in [0.05, 0.1) is 11.1 Å². The molecule has 130 valence electrons. The molecule has 0 aliphatic rings. The largest absolute Gasteiger partial charge is 0.484 e. The number of carbonyl (C=O) groups excluding carboxylic acids is 1. The van der Waals surface area contributed by atoms with Crippen LogP contribution in [0.3, 0.4) is 0 Å². The molecule has 0 fully saturated rings. The van der Waals surface area contributed by atoms with Crippen molar-refractivity contribution in [1.82, 2.24) is 5.43 Å². The number of halogens is 2. The lowest BCUT2D eigenvalue weighted by molar-refractivity contribution is -0.384. The molecule has 2 aromatic carbocycles. The summed E-state index contributed by atoms with van der Waals surface area (Å²) in [5.41, 5.74) is 3.27. The summed E-state index contributed by atoms with van der Waals surface area (Å²) in [6.07, 6.45) is 1.22. The van der Waals surface area contributed by atoms with Crippen molar-refractivity contribution in [1.29, 1.82) is 0 Å². The zero-order chi connectivity index (χ0) is 18.4. The minimum absolute atomic E-state index is 0.126. The average molecular weight is 382 g/mol. The zero-order valence-corrected chi connectivity index (χ0v) is 14.5. The molecule has 0 saturated heterocycles. The van der Waals surface area contributed by atoms with E-state index in [1.54, 1.807) is 18.2 Å². The van der Waals surface area contributed by atoms with Crippen LogP contribution in [0.1, 0.15) is 11.1 Å². The molecule has 0 aromatic heterocycles. The van der Waals surface area contributed by atoms with Crippen LogP contribution in [0.25, 0.3) is 0 Å². The molecule has 0 aliphatic heterocycles. The van der Waals surface area contributed by atoms with Crippen molar-refractivity contribution in [3.63, 3.8) is 0 Å². The fourth-order valence-electron chi connectivity index (χ4n) is 1.81. The zero-order valence-electron chi connectivity index (χ0n) is 13.0. The van der Waals surface area contributed by atoms with E-state index >= 15 is 0 Å². The maximum atomic E-state index is 11.7. The summed E-state index contributed by atoms with van der Waals surface area (Å²) in [5.74, 6) is 0.00756. The second kappa shape index (κ2) is 8.46. The van der Waals surface area contributed by atoms with Gasteiger partial charge in [-0.25, -0.2) is 5.43 Å². The Morgan fingerprint density at radius 2 is 2.00 bits per heavy atom. The number of hydrazone groups is 1. The number of hydrogen-bond donors (Lipinski definition) is 1. The molecule has 0 heterocycles. The average Bonchev–Trinajstić information content (AvgIpc) is 2.57. The molecule has 2 rings (SSSR count). The molecule has 1 N–H and O–H groups in total. The van der Waals surface area contributed by atoms with Gasteiger partial charge in [-0.1, -0.05) is 23.2 Å². The van der Waals surface area contributed by atoms with Gasteiger partial charge in [0.1, 0.15) is 5.75 Å². The maximum Gasteiger partial charge on any atom is 0.277 e. The number of nitro benzene ring substituents is 1. The fraction of sp³-hybridized carbons (Fsp3) is 0.125. The minimum Gasteiger partial charge on any atom is -0.484 e. The Balaban J connectivity index is 1.91. The number of carbonyl (C=O) groups is 1. The molecule has 0 radical (unpaired) electrons. The van der Waals surface area contributed by atoms with Crippen LogP contribution in [0.2, 0.25) is 10.0 Å². The monoisotopic (exact) mass is 381 g/mol. The molecule has 0 atom stereocenters. The molecule has 0 saturated carbocycles. The maximum absolute atomic E-state index is 11.7. The normalized spacial score (nSPS) is 10.7. The number of nitro groups is 1. The van der Waals surface area contributed by atoms with Crippen molar-refractivity contribution >= 4 is 41.0 Å². The number of ether oxygens (including phenoxy) is 1. The second-order valence-corrected chi connectivity index (χ2v) is 5.77. The summed E-state index contributed by atoms with van der Waals surface area (Å²) < 4.78 is 5.32. The lowest BCUT2D eigenvalue weighted by Gasteiger charge is -2.06. The minimum atomic E-state index is -0.547. The van der Waals surface area contributed by atoms with Crippen molar-refractivity contribution in [2.75, 3.05) is 6.61 Å². The van der Waals surface area contributed by atoms with E-state index in [4.69, 9.17) is 27.9 Å². The van der Waals surface area contributed by atoms with Gasteiger partial charge in [-0.2, -0.15) is 5.10 Å². The quantitative estimate of drug-likeness (QED) is 0.468. The highest BCUT2D eigenvalue weighted by molar-refractivity contribution is 6.33. The van der Waals surface area contributed by atoms with Crippen LogP contribution in [-0.2, 0) is 4.79 Å². The van der Waals surface area contributed by atoms with Gasteiger partial charge >= 0.3 is 0 Å². The summed E-state index contributed by atoms with van der Waals surface area (Å²) in [4.78, 5) is 21.9. The summed E-state index contributed by atoms with van der Waals surface area (Å²) in [6, 6.07) is 8.95. The van der Waals surface area contributed by atoms with Crippen LogP contribution in [0, 0.1) is 17.0 Å². The third-order valence-electron chi connectivity index (χ3n) is 3.08. The molecular formula is C16H13Cl2N3O4. The second-order valence-electron chi connectivity index (χ2n) is 4.96. The predicted molar refractivity (Wildman–Crippen MR) is 95.5 cm³/mol. The lowest BCUT2D eigenvalue weighted by atomic mass is 10.2. The van der Waals surface area contributed by atoms with Crippen LogP contribution in [0.4, 0.5) is 5.69 Å². The van der Waals surface area contributed by atoms with Crippen molar-refractivity contribution in [3.8, 4) is 5.75 Å². The van der Waals surface area contributed by atoms with E-state index < -0.39 is 10.8 Å². The Hall–Kier alpha value is -2.64. The Labute approximate surface area is 153 Å². The first kappa shape index (κ1) is 18.7. The van der Waals surface area contributed by atoms with E-state index in [9.17, 15) is 14.9 Å². The third kappa shape index (κ3) is 5.44. The third-order valence-corrected chi connectivity index (χ3v) is 3.85. The van der Waals surface area contributed by atoms with E-state index in [2.05, 4.69) is 10.5 Å². The molecule has 7 nitrogen and oxygen atoms in total. The molecule has 0 bridgehead atoms. The highest BCUT2D eigenvalue weighted by Crippen LogP contribution is 2.21. The molecule has 25 heavy (non-hydrogen) atoms. The number of nitrogens with zero attached hydrogens (tertiary/aromatic N) is 2. The van der Waals surface area contributed by atoms with Crippen molar-refractivity contribution < 1.29 is 14.5 Å². The number of non-ortho nitro benzene ring substituents is 1. The molecule has 2 aromatic rings. The number of hydrogen-bond acceptors (Lipinski definition) is 5. The smallest absolute Gasteiger partial charge is 0.277 e. The van der Waals surface area contributed by atoms with Crippen LogP contribution in [-0.4, -0.2) is 23.7 Å².